The van der Waals surface area contributed by atoms with Crippen molar-refractivity contribution < 1.29 is 14.0 Å². The third-order valence-electron chi connectivity index (χ3n) is 4.19. The zero-order valence-corrected chi connectivity index (χ0v) is 14.0. The molecule has 0 radical (unpaired) electrons. The summed E-state index contributed by atoms with van der Waals surface area (Å²) in [5.41, 5.74) is 9.41. The summed E-state index contributed by atoms with van der Waals surface area (Å²) in [6, 6.07) is 4.15. The first-order chi connectivity index (χ1) is 11.9. The van der Waals surface area contributed by atoms with E-state index in [4.69, 9.17) is 5.73 Å². The molecule has 1 aromatic heterocycles. The molecule has 0 saturated heterocycles. The molecule has 0 aliphatic carbocycles. The minimum Gasteiger partial charge on any atom is -0.358 e. The monoisotopic (exact) mass is 342 g/mol. The maximum atomic E-state index is 13.5. The van der Waals surface area contributed by atoms with Crippen molar-refractivity contribution in [2.45, 2.75) is 13.8 Å². The van der Waals surface area contributed by atoms with E-state index in [1.807, 2.05) is 0 Å². The molecule has 3 rings (SSSR count). The van der Waals surface area contributed by atoms with E-state index in [-0.39, 0.29) is 11.8 Å². The second kappa shape index (κ2) is 6.52. The Kier molecular flexibility index (Phi) is 4.41. The van der Waals surface area contributed by atoms with E-state index in [2.05, 4.69) is 15.6 Å². The highest BCUT2D eigenvalue weighted by atomic mass is 19.1. The Morgan fingerprint density at radius 3 is 2.84 bits per heavy atom. The Morgan fingerprint density at radius 1 is 1.36 bits per heavy atom. The van der Waals surface area contributed by atoms with Gasteiger partial charge >= 0.3 is 0 Å². The number of fused-ring (bicyclic) bond motifs is 1. The largest absolute Gasteiger partial charge is 0.358 e. The van der Waals surface area contributed by atoms with Crippen LogP contribution in [0.5, 0.6) is 0 Å². The van der Waals surface area contributed by atoms with Crippen LogP contribution in [0.2, 0.25) is 0 Å². The molecule has 0 fully saturated rings. The highest BCUT2D eigenvalue weighted by Gasteiger charge is 2.26. The summed E-state index contributed by atoms with van der Waals surface area (Å²) < 4.78 is 13.5. The summed E-state index contributed by atoms with van der Waals surface area (Å²) in [5, 5.41) is 5.44. The minimum atomic E-state index is -0.414. The Balaban J connectivity index is 2.02. The van der Waals surface area contributed by atoms with Crippen LogP contribution in [0.1, 0.15) is 32.9 Å². The normalized spacial score (nSPS) is 14.6. The summed E-state index contributed by atoms with van der Waals surface area (Å²) in [7, 11) is 0. The van der Waals surface area contributed by atoms with Gasteiger partial charge in [-0.25, -0.2) is 4.39 Å². The molecule has 2 amide bonds. The second-order valence-corrected chi connectivity index (χ2v) is 5.91. The molecule has 0 spiro atoms. The van der Waals surface area contributed by atoms with Crippen molar-refractivity contribution in [3.8, 4) is 0 Å². The molecule has 1 aromatic carbocycles. The number of aromatic amines is 1. The number of H-pyrrole nitrogens is 1. The highest BCUT2D eigenvalue weighted by Crippen LogP contribution is 2.34. The van der Waals surface area contributed by atoms with E-state index >= 15 is 0 Å². The lowest BCUT2D eigenvalue weighted by Gasteiger charge is -2.04. The van der Waals surface area contributed by atoms with Gasteiger partial charge in [-0.3, -0.25) is 9.59 Å². The van der Waals surface area contributed by atoms with Gasteiger partial charge in [0.15, 0.2) is 0 Å². The van der Waals surface area contributed by atoms with Gasteiger partial charge in [-0.15, -0.1) is 0 Å². The first kappa shape index (κ1) is 16.9. The van der Waals surface area contributed by atoms with Crippen LogP contribution in [0, 0.1) is 19.7 Å². The number of anilines is 1. The lowest BCUT2D eigenvalue weighted by Crippen LogP contribution is -2.29. The molecule has 0 saturated carbocycles. The Bertz CT molecular complexity index is 899. The van der Waals surface area contributed by atoms with Crippen molar-refractivity contribution in [1.29, 1.82) is 0 Å². The van der Waals surface area contributed by atoms with E-state index in [9.17, 15) is 14.0 Å². The summed E-state index contributed by atoms with van der Waals surface area (Å²) >= 11 is 0. The van der Waals surface area contributed by atoms with Crippen LogP contribution in [-0.4, -0.2) is 29.9 Å². The molecule has 25 heavy (non-hydrogen) atoms. The average molecular weight is 342 g/mol. The van der Waals surface area contributed by atoms with Gasteiger partial charge in [0.1, 0.15) is 5.82 Å². The standard InChI is InChI=1S/C18H19FN4O2/c1-9-15(22-10(2)16(9)18(25)21-6-5-20)8-13-12-7-11(19)3-4-14(12)23-17(13)24/h3-4,7-8,22H,5-6,20H2,1-2H3,(H,21,25)(H,23,24)/b13-8-. The first-order valence-electron chi connectivity index (χ1n) is 7.92. The Labute approximate surface area is 144 Å². The number of amides is 2. The maximum Gasteiger partial charge on any atom is 0.256 e. The molecule has 6 nitrogen and oxygen atoms in total. The first-order valence-corrected chi connectivity index (χ1v) is 7.92. The fourth-order valence-corrected chi connectivity index (χ4v) is 2.98. The number of rotatable bonds is 4. The molecular weight excluding hydrogens is 323 g/mol. The van der Waals surface area contributed by atoms with Crippen LogP contribution < -0.4 is 16.4 Å². The molecular formula is C18H19FN4O2. The van der Waals surface area contributed by atoms with Gasteiger partial charge in [0.25, 0.3) is 11.8 Å². The van der Waals surface area contributed by atoms with Gasteiger partial charge < -0.3 is 21.4 Å². The van der Waals surface area contributed by atoms with Crippen molar-refractivity contribution in [2.75, 3.05) is 18.4 Å². The number of halogens is 1. The van der Waals surface area contributed by atoms with Crippen molar-refractivity contribution >= 4 is 29.2 Å². The van der Waals surface area contributed by atoms with E-state index in [0.29, 0.717) is 46.9 Å². The van der Waals surface area contributed by atoms with Crippen molar-refractivity contribution in [2.24, 2.45) is 5.73 Å². The molecule has 1 aliphatic rings. The van der Waals surface area contributed by atoms with Crippen molar-refractivity contribution in [3.05, 3.63) is 52.1 Å². The van der Waals surface area contributed by atoms with Crippen molar-refractivity contribution in [3.63, 3.8) is 0 Å². The van der Waals surface area contributed by atoms with Gasteiger partial charge in [0, 0.05) is 35.7 Å². The molecule has 5 N–H and O–H groups in total. The van der Waals surface area contributed by atoms with Gasteiger partial charge in [0.2, 0.25) is 0 Å². The van der Waals surface area contributed by atoms with Crippen LogP contribution in [0.3, 0.4) is 0 Å². The SMILES string of the molecule is Cc1[nH]c(/C=C2\C(=O)Nc3ccc(F)cc32)c(C)c1C(=O)NCCN. The predicted octanol–water partition coefficient (Wildman–Crippen LogP) is 1.95. The van der Waals surface area contributed by atoms with E-state index in [1.54, 1.807) is 19.9 Å². The smallest absolute Gasteiger partial charge is 0.256 e. The third-order valence-corrected chi connectivity index (χ3v) is 4.19. The Hall–Kier alpha value is -2.93. The van der Waals surface area contributed by atoms with Gasteiger partial charge in [-0.2, -0.15) is 0 Å². The maximum absolute atomic E-state index is 13.5. The van der Waals surface area contributed by atoms with E-state index in [1.165, 1.54) is 18.2 Å². The fraction of sp³-hybridized carbons (Fsp3) is 0.222. The minimum absolute atomic E-state index is 0.219. The topological polar surface area (TPSA) is 100 Å². The number of aryl methyl sites for hydroxylation is 1. The lowest BCUT2D eigenvalue weighted by molar-refractivity contribution is -0.110. The van der Waals surface area contributed by atoms with Crippen LogP contribution in [0.15, 0.2) is 18.2 Å². The van der Waals surface area contributed by atoms with Gasteiger partial charge in [0.05, 0.1) is 11.1 Å². The number of nitrogens with one attached hydrogen (secondary N) is 3. The molecule has 7 heteroatoms. The molecule has 0 atom stereocenters. The summed E-state index contributed by atoms with van der Waals surface area (Å²) in [6.07, 6.45) is 1.64. The number of benzene rings is 1. The Morgan fingerprint density at radius 2 is 2.12 bits per heavy atom. The van der Waals surface area contributed by atoms with Gasteiger partial charge in [-0.05, 0) is 43.7 Å². The number of aromatic nitrogens is 1. The summed E-state index contributed by atoms with van der Waals surface area (Å²) in [5.74, 6) is -0.938. The fourth-order valence-electron chi connectivity index (χ4n) is 2.98. The predicted molar refractivity (Wildman–Crippen MR) is 94.6 cm³/mol. The zero-order chi connectivity index (χ0) is 18.1. The molecule has 0 bridgehead atoms. The molecule has 1 aliphatic heterocycles. The third kappa shape index (κ3) is 3.06. The van der Waals surface area contributed by atoms with E-state index < -0.39 is 5.82 Å². The van der Waals surface area contributed by atoms with Crippen LogP contribution in [-0.2, 0) is 4.79 Å². The zero-order valence-electron chi connectivity index (χ0n) is 14.0. The number of carbonyl (C=O) groups is 2. The van der Waals surface area contributed by atoms with Crippen LogP contribution in [0.25, 0.3) is 11.6 Å². The molecule has 2 heterocycles. The summed E-state index contributed by atoms with van der Waals surface area (Å²) in [6.45, 7) is 4.32. The lowest BCUT2D eigenvalue weighted by atomic mass is 10.0. The number of nitrogens with two attached hydrogens (primary N) is 1. The number of hydrogen-bond acceptors (Lipinski definition) is 3. The number of hydrogen-bond donors (Lipinski definition) is 4. The molecule has 0 unspecified atom stereocenters. The highest BCUT2D eigenvalue weighted by molar-refractivity contribution is 6.34. The number of carbonyl (C=O) groups excluding carboxylic acids is 2. The van der Waals surface area contributed by atoms with Crippen LogP contribution in [0.4, 0.5) is 10.1 Å². The average Bonchev–Trinajstić information content (AvgIpc) is 3.02. The van der Waals surface area contributed by atoms with Crippen molar-refractivity contribution in [1.82, 2.24) is 10.3 Å². The quantitative estimate of drug-likeness (QED) is 0.639. The second-order valence-electron chi connectivity index (χ2n) is 5.91. The molecule has 2 aromatic rings. The van der Waals surface area contributed by atoms with Crippen LogP contribution >= 0.6 is 0 Å². The van der Waals surface area contributed by atoms with E-state index in [0.717, 1.165) is 5.56 Å². The molecule has 130 valence electrons. The van der Waals surface area contributed by atoms with Gasteiger partial charge in [-0.1, -0.05) is 0 Å². The summed E-state index contributed by atoms with van der Waals surface area (Å²) in [4.78, 5) is 27.6.